The lowest BCUT2D eigenvalue weighted by molar-refractivity contribution is 0.617. The molecule has 0 saturated heterocycles. The zero-order valence-electron chi connectivity index (χ0n) is 11.7. The Morgan fingerprint density at radius 1 is 1.26 bits per heavy atom. The maximum atomic E-state index is 13.5. The fourth-order valence-corrected chi connectivity index (χ4v) is 2.64. The summed E-state index contributed by atoms with van der Waals surface area (Å²) in [5.74, 6) is -0.122. The maximum Gasteiger partial charge on any atom is 0.123 e. The predicted molar refractivity (Wildman–Crippen MR) is 76.9 cm³/mol. The van der Waals surface area contributed by atoms with Crippen molar-refractivity contribution in [1.29, 1.82) is 0 Å². The highest BCUT2D eigenvalue weighted by Crippen LogP contribution is 2.34. The Labute approximate surface area is 115 Å². The number of nitrogens with one attached hydrogen (secondary N) is 1. The van der Waals surface area contributed by atoms with E-state index in [0.29, 0.717) is 12.1 Å². The van der Waals surface area contributed by atoms with E-state index >= 15 is 0 Å². The highest BCUT2D eigenvalue weighted by Gasteiger charge is 2.30. The molecule has 0 aliphatic heterocycles. The van der Waals surface area contributed by atoms with E-state index in [2.05, 4.69) is 17.1 Å². The Bertz CT molecular complexity index is 438. The number of rotatable bonds is 7. The summed E-state index contributed by atoms with van der Waals surface area (Å²) >= 11 is 0. The van der Waals surface area contributed by atoms with Gasteiger partial charge in [0.2, 0.25) is 0 Å². The van der Waals surface area contributed by atoms with Crippen molar-refractivity contribution in [2.45, 2.75) is 57.7 Å². The smallest absolute Gasteiger partial charge is 0.123 e. The van der Waals surface area contributed by atoms with Crippen molar-refractivity contribution in [3.63, 3.8) is 0 Å². The van der Waals surface area contributed by atoms with Crippen molar-refractivity contribution in [3.8, 4) is 0 Å². The molecule has 0 spiro atoms. The molecule has 3 heteroatoms. The van der Waals surface area contributed by atoms with Gasteiger partial charge in [-0.15, -0.1) is 0 Å². The van der Waals surface area contributed by atoms with Crippen LogP contribution >= 0.6 is 0 Å². The third-order valence-corrected chi connectivity index (χ3v) is 3.96. The van der Waals surface area contributed by atoms with E-state index in [1.165, 1.54) is 31.4 Å². The van der Waals surface area contributed by atoms with Crippen LogP contribution in [0, 0.1) is 5.82 Å². The van der Waals surface area contributed by atoms with Crippen LogP contribution in [0.4, 0.5) is 10.1 Å². The van der Waals surface area contributed by atoms with E-state index in [1.807, 2.05) is 6.07 Å². The molecule has 0 heterocycles. The molecule has 2 aliphatic rings. The average Bonchev–Trinajstić information content (AvgIpc) is 3.28. The van der Waals surface area contributed by atoms with E-state index in [9.17, 15) is 4.39 Å². The maximum absolute atomic E-state index is 13.5. The molecule has 1 aromatic carbocycles. The van der Waals surface area contributed by atoms with Crippen LogP contribution < -0.4 is 10.2 Å². The van der Waals surface area contributed by atoms with Gasteiger partial charge in [-0.05, 0) is 55.9 Å². The summed E-state index contributed by atoms with van der Waals surface area (Å²) in [6, 6.07) is 6.62. The van der Waals surface area contributed by atoms with Crippen molar-refractivity contribution in [1.82, 2.24) is 5.32 Å². The zero-order chi connectivity index (χ0) is 13.2. The van der Waals surface area contributed by atoms with E-state index < -0.39 is 0 Å². The fraction of sp³-hybridized carbons (Fsp3) is 0.625. The largest absolute Gasteiger partial charge is 0.368 e. The molecule has 0 aromatic heterocycles. The molecule has 0 amide bonds. The van der Waals surface area contributed by atoms with Gasteiger partial charge in [-0.2, -0.15) is 0 Å². The Balaban J connectivity index is 1.79. The third-order valence-electron chi connectivity index (χ3n) is 3.96. The molecule has 0 bridgehead atoms. The molecule has 2 aliphatic carbocycles. The molecule has 2 saturated carbocycles. The topological polar surface area (TPSA) is 15.3 Å². The summed E-state index contributed by atoms with van der Waals surface area (Å²) in [6.07, 6.45) is 6.25. The van der Waals surface area contributed by atoms with E-state index in [0.717, 1.165) is 25.1 Å². The van der Waals surface area contributed by atoms with Crippen molar-refractivity contribution < 1.29 is 4.39 Å². The van der Waals surface area contributed by atoms with Crippen LogP contribution in [-0.2, 0) is 6.54 Å². The lowest BCUT2D eigenvalue weighted by Crippen LogP contribution is -2.28. The van der Waals surface area contributed by atoms with Gasteiger partial charge in [-0.3, -0.25) is 0 Å². The van der Waals surface area contributed by atoms with Crippen LogP contribution in [0.15, 0.2) is 18.2 Å². The Morgan fingerprint density at radius 2 is 2.05 bits per heavy atom. The number of anilines is 1. The van der Waals surface area contributed by atoms with Crippen LogP contribution in [0.5, 0.6) is 0 Å². The molecular weight excluding hydrogens is 239 g/mol. The normalized spacial score (nSPS) is 18.6. The first-order valence-corrected chi connectivity index (χ1v) is 7.56. The highest BCUT2D eigenvalue weighted by molar-refractivity contribution is 5.55. The van der Waals surface area contributed by atoms with Crippen LogP contribution in [0.1, 0.15) is 44.6 Å². The fourth-order valence-electron chi connectivity index (χ4n) is 2.64. The minimum atomic E-state index is -0.122. The van der Waals surface area contributed by atoms with Crippen molar-refractivity contribution in [3.05, 3.63) is 29.6 Å². The third kappa shape index (κ3) is 3.27. The monoisotopic (exact) mass is 262 g/mol. The second-order valence-corrected chi connectivity index (χ2v) is 5.85. The lowest BCUT2D eigenvalue weighted by atomic mass is 10.1. The van der Waals surface area contributed by atoms with Gasteiger partial charge in [0, 0.05) is 30.9 Å². The first-order chi connectivity index (χ1) is 9.28. The van der Waals surface area contributed by atoms with Crippen molar-refractivity contribution >= 4 is 5.69 Å². The highest BCUT2D eigenvalue weighted by atomic mass is 19.1. The molecule has 0 atom stereocenters. The quantitative estimate of drug-likeness (QED) is 0.809. The zero-order valence-corrected chi connectivity index (χ0v) is 11.7. The molecule has 2 fully saturated rings. The van der Waals surface area contributed by atoms with Crippen molar-refractivity contribution in [2.75, 3.05) is 11.4 Å². The number of hydrogen-bond acceptors (Lipinski definition) is 2. The van der Waals surface area contributed by atoms with Gasteiger partial charge in [0.15, 0.2) is 0 Å². The lowest BCUT2D eigenvalue weighted by Gasteiger charge is -2.27. The summed E-state index contributed by atoms with van der Waals surface area (Å²) < 4.78 is 13.5. The summed E-state index contributed by atoms with van der Waals surface area (Å²) in [5, 5.41) is 3.50. The molecular formula is C16H23FN2. The predicted octanol–water partition coefficient (Wildman–Crippen LogP) is 3.46. The summed E-state index contributed by atoms with van der Waals surface area (Å²) in [6.45, 7) is 4.08. The molecule has 3 rings (SSSR count). The van der Waals surface area contributed by atoms with E-state index in [1.54, 1.807) is 12.1 Å². The first kappa shape index (κ1) is 12.9. The standard InChI is InChI=1S/C16H23FN2/c1-2-9-19(15-6-7-15)16-8-3-13(17)10-12(16)11-18-14-4-5-14/h3,8,10,14-15,18H,2,4-7,9,11H2,1H3. The average molecular weight is 262 g/mol. The van der Waals surface area contributed by atoms with Crippen LogP contribution in [0.3, 0.4) is 0 Å². The second kappa shape index (κ2) is 5.49. The second-order valence-electron chi connectivity index (χ2n) is 5.85. The minimum absolute atomic E-state index is 0.122. The summed E-state index contributed by atoms with van der Waals surface area (Å²) in [4.78, 5) is 2.48. The number of benzene rings is 1. The van der Waals surface area contributed by atoms with Crippen LogP contribution in [-0.4, -0.2) is 18.6 Å². The number of nitrogens with zero attached hydrogens (tertiary/aromatic N) is 1. The molecule has 2 nitrogen and oxygen atoms in total. The molecule has 0 radical (unpaired) electrons. The Hall–Kier alpha value is -1.09. The van der Waals surface area contributed by atoms with Crippen molar-refractivity contribution in [2.24, 2.45) is 0 Å². The van der Waals surface area contributed by atoms with Gasteiger partial charge in [0.05, 0.1) is 0 Å². The minimum Gasteiger partial charge on any atom is -0.368 e. The molecule has 19 heavy (non-hydrogen) atoms. The van der Waals surface area contributed by atoms with Gasteiger partial charge in [-0.25, -0.2) is 4.39 Å². The van der Waals surface area contributed by atoms with Crippen LogP contribution in [0.25, 0.3) is 0 Å². The molecule has 104 valence electrons. The van der Waals surface area contributed by atoms with Gasteiger partial charge >= 0.3 is 0 Å². The Morgan fingerprint density at radius 3 is 2.68 bits per heavy atom. The van der Waals surface area contributed by atoms with Crippen LogP contribution in [0.2, 0.25) is 0 Å². The number of halogens is 1. The van der Waals surface area contributed by atoms with E-state index in [4.69, 9.17) is 0 Å². The Kier molecular flexibility index (Phi) is 3.74. The van der Waals surface area contributed by atoms with E-state index in [-0.39, 0.29) is 5.82 Å². The SMILES string of the molecule is CCCN(c1ccc(F)cc1CNC1CC1)C1CC1. The number of hydrogen-bond donors (Lipinski definition) is 1. The van der Waals surface area contributed by atoms with Gasteiger partial charge < -0.3 is 10.2 Å². The van der Waals surface area contributed by atoms with Gasteiger partial charge in [0.1, 0.15) is 5.82 Å². The van der Waals surface area contributed by atoms with Gasteiger partial charge in [-0.1, -0.05) is 6.92 Å². The summed E-state index contributed by atoms with van der Waals surface area (Å²) in [7, 11) is 0. The van der Waals surface area contributed by atoms with Gasteiger partial charge in [0.25, 0.3) is 0 Å². The first-order valence-electron chi connectivity index (χ1n) is 7.56. The molecule has 0 unspecified atom stereocenters. The molecule has 1 aromatic rings. The summed E-state index contributed by atoms with van der Waals surface area (Å²) in [5.41, 5.74) is 2.35. The molecule has 1 N–H and O–H groups in total.